The van der Waals surface area contributed by atoms with Crippen molar-refractivity contribution in [3.05, 3.63) is 35.8 Å². The van der Waals surface area contributed by atoms with Gasteiger partial charge in [-0.05, 0) is 49.4 Å². The summed E-state index contributed by atoms with van der Waals surface area (Å²) in [5.41, 5.74) is 1.50. The molecule has 1 N–H and O–H groups in total. The fourth-order valence-corrected chi connectivity index (χ4v) is 5.59. The van der Waals surface area contributed by atoms with Gasteiger partial charge in [0, 0.05) is 17.7 Å². The van der Waals surface area contributed by atoms with Gasteiger partial charge in [-0.25, -0.2) is 9.37 Å². The van der Waals surface area contributed by atoms with Gasteiger partial charge in [-0.2, -0.15) is 4.98 Å². The fourth-order valence-electron chi connectivity index (χ4n) is 4.55. The van der Waals surface area contributed by atoms with Crippen LogP contribution < -0.4 is 15.0 Å². The van der Waals surface area contributed by atoms with Crippen molar-refractivity contribution in [3.8, 4) is 5.75 Å². The van der Waals surface area contributed by atoms with Gasteiger partial charge >= 0.3 is 0 Å². The smallest absolute Gasteiger partial charge is 0.227 e. The molecule has 7 rings (SSSR count). The second-order valence-electron chi connectivity index (χ2n) is 8.23. The van der Waals surface area contributed by atoms with Crippen molar-refractivity contribution in [2.24, 2.45) is 5.92 Å². The van der Waals surface area contributed by atoms with E-state index in [1.165, 1.54) is 42.0 Å². The highest BCUT2D eigenvalue weighted by molar-refractivity contribution is 7.99. The molecule has 2 bridgehead atoms. The Labute approximate surface area is 161 Å². The highest BCUT2D eigenvalue weighted by atomic mass is 32.2. The first-order chi connectivity index (χ1) is 13.2. The highest BCUT2D eigenvalue weighted by Crippen LogP contribution is 2.59. The van der Waals surface area contributed by atoms with Crippen LogP contribution in [0.25, 0.3) is 0 Å². The quantitative estimate of drug-likeness (QED) is 0.852. The van der Waals surface area contributed by atoms with E-state index in [1.54, 1.807) is 12.1 Å². The van der Waals surface area contributed by atoms with Crippen molar-refractivity contribution in [1.29, 1.82) is 0 Å². The molecule has 140 valence electrons. The number of thioether (sulfide) groups is 1. The lowest BCUT2D eigenvalue weighted by molar-refractivity contribution is 0.00158. The number of hydrogen-bond acceptors (Lipinski definition) is 6. The number of fused-ring (bicyclic) bond motifs is 1. The monoisotopic (exact) mass is 384 g/mol. The van der Waals surface area contributed by atoms with Crippen LogP contribution in [-0.2, 0) is 6.42 Å². The predicted molar refractivity (Wildman–Crippen MR) is 103 cm³/mol. The standard InChI is InChI=1S/C20H21FN4OS/c21-13-1-3-14(4-2-13)26-15-10-25(11-15)19-22-16-5-6-27-17(16)18(23-19)24-20-7-12(8-20)9-20/h1-4,12,15H,5-11H2,(H,22,23,24). The van der Waals surface area contributed by atoms with Gasteiger partial charge in [0.05, 0.1) is 23.7 Å². The van der Waals surface area contributed by atoms with E-state index in [4.69, 9.17) is 14.7 Å². The van der Waals surface area contributed by atoms with Crippen LogP contribution in [0.2, 0.25) is 0 Å². The average Bonchev–Trinajstić information content (AvgIpc) is 3.03. The summed E-state index contributed by atoms with van der Waals surface area (Å²) in [6.45, 7) is 1.52. The topological polar surface area (TPSA) is 50.3 Å². The van der Waals surface area contributed by atoms with Crippen molar-refractivity contribution < 1.29 is 9.13 Å². The van der Waals surface area contributed by atoms with E-state index in [2.05, 4.69) is 10.2 Å². The molecule has 27 heavy (non-hydrogen) atoms. The molecule has 0 amide bonds. The number of anilines is 2. The van der Waals surface area contributed by atoms with Crippen LogP contribution in [0.5, 0.6) is 5.75 Å². The lowest BCUT2D eigenvalue weighted by Crippen LogP contribution is -2.63. The number of hydrogen-bond donors (Lipinski definition) is 1. The Morgan fingerprint density at radius 3 is 2.63 bits per heavy atom. The van der Waals surface area contributed by atoms with Crippen molar-refractivity contribution >= 4 is 23.5 Å². The number of aryl methyl sites for hydroxylation is 1. The molecule has 0 unspecified atom stereocenters. The van der Waals surface area contributed by atoms with E-state index in [-0.39, 0.29) is 11.9 Å². The van der Waals surface area contributed by atoms with E-state index < -0.39 is 0 Å². The third-order valence-electron chi connectivity index (χ3n) is 6.18. The second kappa shape index (κ2) is 5.74. The Bertz CT molecular complexity index is 883. The first kappa shape index (κ1) is 16.0. The molecule has 2 aromatic rings. The van der Waals surface area contributed by atoms with Gasteiger partial charge in [-0.15, -0.1) is 11.8 Å². The van der Waals surface area contributed by atoms with E-state index in [0.29, 0.717) is 11.3 Å². The molecule has 3 heterocycles. The number of aromatic nitrogens is 2. The Kier molecular flexibility index (Phi) is 3.40. The lowest BCUT2D eigenvalue weighted by atomic mass is 9.50. The molecule has 3 aliphatic carbocycles. The molecule has 1 aromatic carbocycles. The summed E-state index contributed by atoms with van der Waals surface area (Å²) >= 11 is 1.88. The minimum absolute atomic E-state index is 0.0933. The molecule has 0 spiro atoms. The molecule has 0 atom stereocenters. The summed E-state index contributed by atoms with van der Waals surface area (Å²) in [5.74, 6) is 4.35. The Hall–Kier alpha value is -2.02. The zero-order valence-corrected chi connectivity index (χ0v) is 15.8. The van der Waals surface area contributed by atoms with Crippen LogP contribution in [0.15, 0.2) is 29.2 Å². The second-order valence-corrected chi connectivity index (χ2v) is 9.33. The van der Waals surface area contributed by atoms with E-state index in [0.717, 1.165) is 42.9 Å². The van der Waals surface area contributed by atoms with E-state index in [1.807, 2.05) is 11.8 Å². The van der Waals surface area contributed by atoms with Gasteiger partial charge in [-0.1, -0.05) is 0 Å². The van der Waals surface area contributed by atoms with Crippen molar-refractivity contribution in [1.82, 2.24) is 9.97 Å². The number of nitrogens with one attached hydrogen (secondary N) is 1. The normalized spacial score (nSPS) is 28.0. The molecule has 7 heteroatoms. The molecular formula is C20H21FN4OS. The maximum atomic E-state index is 13.0. The van der Waals surface area contributed by atoms with Crippen molar-refractivity contribution in [2.75, 3.05) is 29.1 Å². The summed E-state index contributed by atoms with van der Waals surface area (Å²) in [4.78, 5) is 13.1. The highest BCUT2D eigenvalue weighted by Gasteiger charge is 2.57. The summed E-state index contributed by atoms with van der Waals surface area (Å²) in [7, 11) is 0. The maximum Gasteiger partial charge on any atom is 0.227 e. The zero-order chi connectivity index (χ0) is 18.0. The van der Waals surface area contributed by atoms with Crippen molar-refractivity contribution in [2.45, 2.75) is 42.2 Å². The third-order valence-corrected chi connectivity index (χ3v) is 7.30. The van der Waals surface area contributed by atoms with E-state index in [9.17, 15) is 4.39 Å². The maximum absolute atomic E-state index is 13.0. The SMILES string of the molecule is Fc1ccc(OC2CN(c3nc4c(c(NC56CC(C5)C6)n3)SCC4)C2)cc1. The van der Waals surface area contributed by atoms with Crippen LogP contribution in [0, 0.1) is 11.7 Å². The summed E-state index contributed by atoms with van der Waals surface area (Å²) in [5, 5.41) is 3.76. The zero-order valence-electron chi connectivity index (χ0n) is 14.9. The number of rotatable bonds is 5. The molecule has 0 radical (unpaired) electrons. The van der Waals surface area contributed by atoms with Gasteiger partial charge < -0.3 is 15.0 Å². The molecule has 5 aliphatic rings. The van der Waals surface area contributed by atoms with Crippen LogP contribution in [-0.4, -0.2) is 40.5 Å². The Balaban J connectivity index is 1.17. The van der Waals surface area contributed by atoms with Crippen LogP contribution in [0.1, 0.15) is 25.0 Å². The number of nitrogens with zero attached hydrogens (tertiary/aromatic N) is 3. The third kappa shape index (κ3) is 2.66. The molecule has 4 fully saturated rings. The fraction of sp³-hybridized carbons (Fsp3) is 0.500. The first-order valence-corrected chi connectivity index (χ1v) is 10.6. The lowest BCUT2D eigenvalue weighted by Gasteiger charge is -2.62. The van der Waals surface area contributed by atoms with Gasteiger partial charge in [0.2, 0.25) is 5.95 Å². The van der Waals surface area contributed by atoms with Gasteiger partial charge in [0.25, 0.3) is 0 Å². The average molecular weight is 384 g/mol. The van der Waals surface area contributed by atoms with Crippen LogP contribution >= 0.6 is 11.8 Å². The summed E-state index contributed by atoms with van der Waals surface area (Å²) in [6, 6.07) is 6.20. The summed E-state index contributed by atoms with van der Waals surface area (Å²) < 4.78 is 18.9. The van der Waals surface area contributed by atoms with Gasteiger partial charge in [0.15, 0.2) is 0 Å². The number of benzene rings is 1. The first-order valence-electron chi connectivity index (χ1n) is 9.65. The minimum atomic E-state index is -0.245. The number of ether oxygens (including phenoxy) is 1. The van der Waals surface area contributed by atoms with Crippen LogP contribution in [0.3, 0.4) is 0 Å². The molecule has 1 aromatic heterocycles. The Morgan fingerprint density at radius 2 is 1.93 bits per heavy atom. The van der Waals surface area contributed by atoms with Gasteiger partial charge in [-0.3, -0.25) is 0 Å². The molecule has 1 saturated heterocycles. The Morgan fingerprint density at radius 1 is 1.15 bits per heavy atom. The molecule has 3 saturated carbocycles. The summed E-state index contributed by atoms with van der Waals surface area (Å²) in [6.07, 6.45) is 4.99. The van der Waals surface area contributed by atoms with Gasteiger partial charge in [0.1, 0.15) is 23.5 Å². The number of halogens is 1. The molecular weight excluding hydrogens is 363 g/mol. The van der Waals surface area contributed by atoms with Crippen LogP contribution in [0.4, 0.5) is 16.2 Å². The minimum Gasteiger partial charge on any atom is -0.487 e. The molecule has 5 nitrogen and oxygen atoms in total. The van der Waals surface area contributed by atoms with E-state index >= 15 is 0 Å². The largest absolute Gasteiger partial charge is 0.487 e. The predicted octanol–water partition coefficient (Wildman–Crippen LogP) is 3.50. The van der Waals surface area contributed by atoms with Crippen molar-refractivity contribution in [3.63, 3.8) is 0 Å². The molecule has 2 aliphatic heterocycles.